The Labute approximate surface area is 152 Å². The minimum atomic E-state index is -0.0518. The third-order valence-electron chi connectivity index (χ3n) is 4.93. The van der Waals surface area contributed by atoms with E-state index in [2.05, 4.69) is 11.4 Å². The van der Waals surface area contributed by atoms with E-state index in [1.54, 1.807) is 0 Å². The number of carbonyl (C=O) groups excluding carboxylic acids is 1. The van der Waals surface area contributed by atoms with Crippen molar-refractivity contribution in [1.82, 2.24) is 5.32 Å². The van der Waals surface area contributed by atoms with Gasteiger partial charge in [-0.05, 0) is 30.3 Å². The fourth-order valence-electron chi connectivity index (χ4n) is 3.50. The Bertz CT molecular complexity index is 760. The van der Waals surface area contributed by atoms with E-state index < -0.39 is 0 Å². The lowest BCUT2D eigenvalue weighted by Crippen LogP contribution is -3.15. The van der Waals surface area contributed by atoms with Crippen LogP contribution in [0.4, 0.5) is 0 Å². The Morgan fingerprint density at radius 3 is 2.62 bits per heavy atom. The van der Waals surface area contributed by atoms with Crippen LogP contribution in [-0.2, 0) is 4.74 Å². The minimum Gasteiger partial charge on any atom is -0.454 e. The minimum absolute atomic E-state index is 0.0518. The van der Waals surface area contributed by atoms with Crippen LogP contribution in [0, 0.1) is 0 Å². The zero-order chi connectivity index (χ0) is 17.8. The summed E-state index contributed by atoms with van der Waals surface area (Å²) in [5.41, 5.74) is 1.81. The predicted octanol–water partition coefficient (Wildman–Crippen LogP) is 0.802. The Morgan fingerprint density at radius 2 is 1.81 bits per heavy atom. The molecule has 1 saturated heterocycles. The van der Waals surface area contributed by atoms with Gasteiger partial charge in [0.05, 0.1) is 19.8 Å². The summed E-state index contributed by atoms with van der Waals surface area (Å²) in [6.07, 6.45) is 0. The predicted molar refractivity (Wildman–Crippen MR) is 95.6 cm³/mol. The summed E-state index contributed by atoms with van der Waals surface area (Å²) in [5.74, 6) is 1.50. The smallest absolute Gasteiger partial charge is 0.251 e. The topological polar surface area (TPSA) is 61.2 Å². The largest absolute Gasteiger partial charge is 0.454 e. The number of fused-ring (bicyclic) bond motifs is 1. The van der Waals surface area contributed by atoms with Gasteiger partial charge in [-0.1, -0.05) is 18.2 Å². The van der Waals surface area contributed by atoms with E-state index >= 15 is 0 Å². The summed E-state index contributed by atoms with van der Waals surface area (Å²) in [7, 11) is 0. The molecular weight excluding hydrogens is 332 g/mol. The molecule has 0 unspecified atom stereocenters. The van der Waals surface area contributed by atoms with Crippen molar-refractivity contribution < 1.29 is 23.9 Å². The molecule has 2 heterocycles. The highest BCUT2D eigenvalue weighted by molar-refractivity contribution is 5.94. The van der Waals surface area contributed by atoms with Crippen molar-refractivity contribution in [2.24, 2.45) is 0 Å². The summed E-state index contributed by atoms with van der Waals surface area (Å²) < 4.78 is 16.4. The lowest BCUT2D eigenvalue weighted by molar-refractivity contribution is -0.937. The van der Waals surface area contributed by atoms with Crippen LogP contribution < -0.4 is 19.7 Å². The van der Waals surface area contributed by atoms with Crippen LogP contribution in [0.25, 0.3) is 0 Å². The zero-order valence-electron chi connectivity index (χ0n) is 14.6. The maximum atomic E-state index is 12.5. The molecule has 2 aliphatic heterocycles. The van der Waals surface area contributed by atoms with Gasteiger partial charge < -0.3 is 24.4 Å². The molecule has 2 aromatic rings. The third-order valence-corrected chi connectivity index (χ3v) is 4.93. The van der Waals surface area contributed by atoms with Crippen LogP contribution in [0.3, 0.4) is 0 Å². The van der Waals surface area contributed by atoms with Gasteiger partial charge in [-0.3, -0.25) is 4.79 Å². The Balaban J connectivity index is 1.52. The molecule has 0 bridgehead atoms. The quantitative estimate of drug-likeness (QED) is 0.833. The first-order valence-corrected chi connectivity index (χ1v) is 8.96. The highest BCUT2D eigenvalue weighted by Gasteiger charge is 2.28. The molecular formula is C20H23N2O4+. The van der Waals surface area contributed by atoms with Crippen molar-refractivity contribution in [3.63, 3.8) is 0 Å². The summed E-state index contributed by atoms with van der Waals surface area (Å²) in [6.45, 7) is 4.13. The monoisotopic (exact) mass is 355 g/mol. The van der Waals surface area contributed by atoms with E-state index in [1.807, 2.05) is 42.5 Å². The summed E-state index contributed by atoms with van der Waals surface area (Å²) >= 11 is 0. The van der Waals surface area contributed by atoms with Gasteiger partial charge in [0.2, 0.25) is 6.79 Å². The first-order valence-electron chi connectivity index (χ1n) is 8.96. The number of hydrogen-bond donors (Lipinski definition) is 2. The second-order valence-corrected chi connectivity index (χ2v) is 6.51. The first kappa shape index (κ1) is 16.9. The lowest BCUT2D eigenvalue weighted by Gasteiger charge is -2.32. The highest BCUT2D eigenvalue weighted by atomic mass is 16.7. The number of amides is 1. The molecule has 6 heteroatoms. The summed E-state index contributed by atoms with van der Waals surface area (Å²) in [4.78, 5) is 13.9. The van der Waals surface area contributed by atoms with Crippen molar-refractivity contribution >= 4 is 5.91 Å². The van der Waals surface area contributed by atoms with Crippen LogP contribution in [0.15, 0.2) is 48.5 Å². The molecule has 0 saturated carbocycles. The van der Waals surface area contributed by atoms with Crippen LogP contribution in [0.1, 0.15) is 22.0 Å². The lowest BCUT2D eigenvalue weighted by atomic mass is 10.0. The van der Waals surface area contributed by atoms with E-state index in [1.165, 1.54) is 4.90 Å². The van der Waals surface area contributed by atoms with E-state index in [4.69, 9.17) is 14.2 Å². The number of benzene rings is 2. The van der Waals surface area contributed by atoms with E-state index in [0.29, 0.717) is 12.1 Å². The van der Waals surface area contributed by atoms with Crippen molar-refractivity contribution in [1.29, 1.82) is 0 Å². The van der Waals surface area contributed by atoms with E-state index in [0.717, 1.165) is 43.4 Å². The van der Waals surface area contributed by atoms with Gasteiger partial charge in [0.25, 0.3) is 5.91 Å². The molecule has 2 aliphatic rings. The molecule has 1 amide bonds. The van der Waals surface area contributed by atoms with Crippen molar-refractivity contribution in [2.45, 2.75) is 6.04 Å². The summed E-state index contributed by atoms with van der Waals surface area (Å²) in [6, 6.07) is 15.5. The van der Waals surface area contributed by atoms with Crippen LogP contribution in [0.2, 0.25) is 0 Å². The Kier molecular flexibility index (Phi) is 5.04. The first-order chi connectivity index (χ1) is 12.8. The number of ether oxygens (including phenoxy) is 3. The Hall–Kier alpha value is -2.57. The van der Waals surface area contributed by atoms with Gasteiger partial charge >= 0.3 is 0 Å². The molecule has 1 fully saturated rings. The maximum absolute atomic E-state index is 12.5. The third kappa shape index (κ3) is 3.66. The number of rotatable bonds is 5. The molecule has 0 spiro atoms. The number of morpholine rings is 1. The average Bonchev–Trinajstić information content (AvgIpc) is 3.17. The number of carbonyl (C=O) groups is 1. The number of nitrogens with one attached hydrogen (secondary N) is 2. The standard InChI is InChI=1S/C20H22N2O4/c23-20(15-4-2-1-3-5-15)21-13-17(22-8-10-24-11-9-22)16-6-7-18-19(12-16)26-14-25-18/h1-7,12,17H,8-11,13-14H2,(H,21,23)/p+1/t17-/m0/s1. The SMILES string of the molecule is O=C(NC[C@@H](c1ccc2c(c1)OCO2)[NH+]1CCOCC1)c1ccccc1. The second kappa shape index (κ2) is 7.76. The second-order valence-electron chi connectivity index (χ2n) is 6.51. The molecule has 1 atom stereocenters. The molecule has 136 valence electrons. The molecule has 2 aromatic carbocycles. The van der Waals surface area contributed by atoms with Gasteiger partial charge in [-0.25, -0.2) is 0 Å². The maximum Gasteiger partial charge on any atom is 0.251 e. The fourth-order valence-corrected chi connectivity index (χ4v) is 3.50. The molecule has 2 N–H and O–H groups in total. The number of hydrogen-bond acceptors (Lipinski definition) is 4. The molecule has 0 aromatic heterocycles. The van der Waals surface area contributed by atoms with Crippen LogP contribution in [0.5, 0.6) is 11.5 Å². The normalized spacial score (nSPS) is 17.7. The zero-order valence-corrected chi connectivity index (χ0v) is 14.6. The van der Waals surface area contributed by atoms with E-state index in [-0.39, 0.29) is 18.7 Å². The van der Waals surface area contributed by atoms with Gasteiger partial charge in [0.1, 0.15) is 19.1 Å². The summed E-state index contributed by atoms with van der Waals surface area (Å²) in [5, 5.41) is 3.09. The number of quaternary nitrogens is 1. The van der Waals surface area contributed by atoms with Crippen LogP contribution in [-0.4, -0.2) is 45.5 Å². The molecule has 26 heavy (non-hydrogen) atoms. The average molecular weight is 355 g/mol. The van der Waals surface area contributed by atoms with Gasteiger partial charge in [-0.15, -0.1) is 0 Å². The molecule has 6 nitrogen and oxygen atoms in total. The van der Waals surface area contributed by atoms with Crippen LogP contribution >= 0.6 is 0 Å². The van der Waals surface area contributed by atoms with Crippen molar-refractivity contribution in [3.8, 4) is 11.5 Å². The fraction of sp³-hybridized carbons (Fsp3) is 0.350. The van der Waals surface area contributed by atoms with Gasteiger partial charge in [-0.2, -0.15) is 0 Å². The van der Waals surface area contributed by atoms with E-state index in [9.17, 15) is 4.79 Å². The highest BCUT2D eigenvalue weighted by Crippen LogP contribution is 2.33. The van der Waals surface area contributed by atoms with Crippen molar-refractivity contribution in [3.05, 3.63) is 59.7 Å². The van der Waals surface area contributed by atoms with Crippen molar-refractivity contribution in [2.75, 3.05) is 39.6 Å². The Morgan fingerprint density at radius 1 is 1.04 bits per heavy atom. The molecule has 0 aliphatic carbocycles. The van der Waals surface area contributed by atoms with Gasteiger partial charge in [0, 0.05) is 11.1 Å². The molecule has 0 radical (unpaired) electrons. The van der Waals surface area contributed by atoms with Gasteiger partial charge in [0.15, 0.2) is 11.5 Å². The molecule has 4 rings (SSSR count).